The van der Waals surface area contributed by atoms with Crippen molar-refractivity contribution in [3.63, 3.8) is 0 Å². The number of amides is 2. The molecule has 0 spiro atoms. The van der Waals surface area contributed by atoms with Crippen molar-refractivity contribution in [3.05, 3.63) is 72.4 Å². The van der Waals surface area contributed by atoms with Gasteiger partial charge in [-0.25, -0.2) is 14.8 Å². The molecule has 0 aliphatic rings. The molecule has 0 aliphatic heterocycles. The lowest BCUT2D eigenvalue weighted by Crippen LogP contribution is -2.28. The summed E-state index contributed by atoms with van der Waals surface area (Å²) in [5, 5.41) is 5.57. The molecule has 2 N–H and O–H groups in total. The Kier molecular flexibility index (Phi) is 4.33. The molecule has 3 rings (SSSR count). The van der Waals surface area contributed by atoms with Crippen LogP contribution in [0.1, 0.15) is 11.4 Å². The fourth-order valence-electron chi connectivity index (χ4n) is 2.16. The van der Waals surface area contributed by atoms with E-state index in [9.17, 15) is 4.79 Å². The summed E-state index contributed by atoms with van der Waals surface area (Å²) in [4.78, 5) is 20.4. The van der Waals surface area contributed by atoms with Crippen LogP contribution in [0.2, 0.25) is 0 Å². The predicted octanol–water partition coefficient (Wildman–Crippen LogP) is 2.90. The normalized spacial score (nSPS) is 10.3. The van der Waals surface area contributed by atoms with Crippen molar-refractivity contribution in [1.82, 2.24) is 19.9 Å². The van der Waals surface area contributed by atoms with Crippen LogP contribution in [0, 0.1) is 6.92 Å². The molecule has 0 aliphatic carbocycles. The van der Waals surface area contributed by atoms with Gasteiger partial charge in [-0.1, -0.05) is 24.3 Å². The van der Waals surface area contributed by atoms with Crippen molar-refractivity contribution in [3.8, 4) is 5.82 Å². The molecule has 6 heteroatoms. The predicted molar refractivity (Wildman–Crippen MR) is 88.4 cm³/mol. The van der Waals surface area contributed by atoms with Crippen molar-refractivity contribution < 1.29 is 4.79 Å². The van der Waals surface area contributed by atoms with E-state index in [2.05, 4.69) is 20.6 Å². The summed E-state index contributed by atoms with van der Waals surface area (Å²) in [6.07, 6.45) is 5.35. The van der Waals surface area contributed by atoms with Crippen molar-refractivity contribution in [2.45, 2.75) is 13.5 Å². The monoisotopic (exact) mass is 307 g/mol. The molecule has 1 aromatic carbocycles. The first kappa shape index (κ1) is 14.8. The summed E-state index contributed by atoms with van der Waals surface area (Å²) in [7, 11) is 0. The molecule has 3 aromatic rings. The van der Waals surface area contributed by atoms with Gasteiger partial charge in [0.1, 0.15) is 11.6 Å². The number of nitrogens with one attached hydrogen (secondary N) is 2. The van der Waals surface area contributed by atoms with Gasteiger partial charge in [0.2, 0.25) is 0 Å². The van der Waals surface area contributed by atoms with Crippen LogP contribution in [-0.2, 0) is 6.54 Å². The van der Waals surface area contributed by atoms with Crippen LogP contribution in [0.25, 0.3) is 5.82 Å². The molecule has 6 nitrogen and oxygen atoms in total. The quantitative estimate of drug-likeness (QED) is 0.778. The third kappa shape index (κ3) is 3.74. The molecular weight excluding hydrogens is 290 g/mol. The first-order chi connectivity index (χ1) is 11.2. The van der Waals surface area contributed by atoms with E-state index in [1.807, 2.05) is 60.2 Å². The number of imidazole rings is 1. The van der Waals surface area contributed by atoms with Crippen LogP contribution in [0.3, 0.4) is 0 Å². The van der Waals surface area contributed by atoms with Gasteiger partial charge in [-0.2, -0.15) is 0 Å². The maximum absolute atomic E-state index is 11.8. The van der Waals surface area contributed by atoms with Crippen molar-refractivity contribution in [2.75, 3.05) is 5.32 Å². The molecule has 0 bridgehead atoms. The third-order valence-electron chi connectivity index (χ3n) is 3.37. The van der Waals surface area contributed by atoms with Crippen molar-refractivity contribution in [1.29, 1.82) is 0 Å². The zero-order valence-corrected chi connectivity index (χ0v) is 12.7. The summed E-state index contributed by atoms with van der Waals surface area (Å²) in [6, 6.07) is 12.9. The molecule has 0 saturated heterocycles. The summed E-state index contributed by atoms with van der Waals surface area (Å²) in [5.74, 6) is 1.68. The molecule has 23 heavy (non-hydrogen) atoms. The average molecular weight is 307 g/mol. The zero-order chi connectivity index (χ0) is 16.1. The Labute approximate surface area is 134 Å². The molecule has 0 unspecified atom stereocenters. The number of hydrogen-bond acceptors (Lipinski definition) is 3. The molecule has 2 aromatic heterocycles. The maximum atomic E-state index is 11.8. The van der Waals surface area contributed by atoms with Gasteiger partial charge < -0.3 is 10.6 Å². The largest absolute Gasteiger partial charge is 0.334 e. The maximum Gasteiger partial charge on any atom is 0.319 e. The Morgan fingerprint density at radius 2 is 1.96 bits per heavy atom. The Hall–Kier alpha value is -3.15. The molecular formula is C17H17N5O. The minimum absolute atomic E-state index is 0.245. The van der Waals surface area contributed by atoms with Crippen molar-refractivity contribution >= 4 is 11.7 Å². The van der Waals surface area contributed by atoms with E-state index in [4.69, 9.17) is 0 Å². The Morgan fingerprint density at radius 1 is 1.13 bits per heavy atom. The number of para-hydroxylation sites is 1. The lowest BCUT2D eigenvalue weighted by Gasteiger charge is -2.08. The zero-order valence-electron chi connectivity index (χ0n) is 12.7. The van der Waals surface area contributed by atoms with Gasteiger partial charge in [-0.3, -0.25) is 4.57 Å². The highest BCUT2D eigenvalue weighted by atomic mass is 16.2. The molecule has 116 valence electrons. The molecule has 0 radical (unpaired) electrons. The van der Waals surface area contributed by atoms with E-state index in [0.717, 1.165) is 22.9 Å². The van der Waals surface area contributed by atoms with E-state index in [-0.39, 0.29) is 6.03 Å². The number of carbonyl (C=O) groups excluding carboxylic acids is 1. The lowest BCUT2D eigenvalue weighted by molar-refractivity contribution is 0.251. The number of urea groups is 1. The van der Waals surface area contributed by atoms with Crippen LogP contribution in [0.15, 0.2) is 61.1 Å². The van der Waals surface area contributed by atoms with Gasteiger partial charge in [0.25, 0.3) is 0 Å². The fraction of sp³-hybridized carbons (Fsp3) is 0.118. The van der Waals surface area contributed by atoms with E-state index in [1.54, 1.807) is 12.4 Å². The van der Waals surface area contributed by atoms with Gasteiger partial charge in [0.15, 0.2) is 0 Å². The van der Waals surface area contributed by atoms with Gasteiger partial charge in [-0.15, -0.1) is 0 Å². The first-order valence-electron chi connectivity index (χ1n) is 7.27. The number of hydrogen-bond donors (Lipinski definition) is 2. The minimum Gasteiger partial charge on any atom is -0.334 e. The van der Waals surface area contributed by atoms with Crippen LogP contribution < -0.4 is 10.6 Å². The van der Waals surface area contributed by atoms with Crippen molar-refractivity contribution in [2.24, 2.45) is 0 Å². The SMILES string of the molecule is Cc1nccn1-c1ccc(CNC(=O)Nc2ccccc2)cn1. The summed E-state index contributed by atoms with van der Waals surface area (Å²) >= 11 is 0. The molecule has 0 fully saturated rings. The van der Waals surface area contributed by atoms with Crippen LogP contribution >= 0.6 is 0 Å². The highest BCUT2D eigenvalue weighted by molar-refractivity contribution is 5.89. The van der Waals surface area contributed by atoms with Crippen LogP contribution in [0.4, 0.5) is 10.5 Å². The standard InChI is InChI=1S/C17H17N5O/c1-13-18-9-10-22(13)16-8-7-14(11-19-16)12-20-17(23)21-15-5-3-2-4-6-15/h2-11H,12H2,1H3,(H2,20,21,23). The topological polar surface area (TPSA) is 71.8 Å². The first-order valence-corrected chi connectivity index (χ1v) is 7.27. The smallest absolute Gasteiger partial charge is 0.319 e. The highest BCUT2D eigenvalue weighted by Crippen LogP contribution is 2.08. The second kappa shape index (κ2) is 6.74. The molecule has 0 saturated carbocycles. The van der Waals surface area contributed by atoms with E-state index >= 15 is 0 Å². The second-order valence-electron chi connectivity index (χ2n) is 5.04. The van der Waals surface area contributed by atoms with Crippen LogP contribution in [0.5, 0.6) is 0 Å². The van der Waals surface area contributed by atoms with Gasteiger partial charge >= 0.3 is 6.03 Å². The molecule has 0 atom stereocenters. The minimum atomic E-state index is -0.245. The van der Waals surface area contributed by atoms with Crippen LogP contribution in [-0.4, -0.2) is 20.6 Å². The number of aryl methyl sites for hydroxylation is 1. The number of benzene rings is 1. The molecule has 2 amide bonds. The second-order valence-corrected chi connectivity index (χ2v) is 5.04. The lowest BCUT2D eigenvalue weighted by atomic mass is 10.3. The summed E-state index contributed by atoms with van der Waals surface area (Å²) in [5.41, 5.74) is 1.68. The Balaban J connectivity index is 1.56. The molecule has 2 heterocycles. The summed E-state index contributed by atoms with van der Waals surface area (Å²) in [6.45, 7) is 2.33. The number of anilines is 1. The number of aromatic nitrogens is 3. The Morgan fingerprint density at radius 3 is 2.61 bits per heavy atom. The number of pyridine rings is 1. The highest BCUT2D eigenvalue weighted by Gasteiger charge is 2.04. The number of carbonyl (C=O) groups is 1. The number of rotatable bonds is 4. The van der Waals surface area contributed by atoms with Gasteiger partial charge in [0, 0.05) is 30.8 Å². The average Bonchev–Trinajstić information content (AvgIpc) is 3.00. The fourth-order valence-corrected chi connectivity index (χ4v) is 2.16. The van der Waals surface area contributed by atoms with E-state index in [1.165, 1.54) is 0 Å². The van der Waals surface area contributed by atoms with Gasteiger partial charge in [0.05, 0.1) is 0 Å². The Bertz CT molecular complexity index is 780. The summed E-state index contributed by atoms with van der Waals surface area (Å²) < 4.78 is 1.90. The van der Waals surface area contributed by atoms with E-state index < -0.39 is 0 Å². The van der Waals surface area contributed by atoms with E-state index in [0.29, 0.717) is 6.54 Å². The van der Waals surface area contributed by atoms with Gasteiger partial charge in [-0.05, 0) is 30.7 Å². The third-order valence-corrected chi connectivity index (χ3v) is 3.37. The number of nitrogens with zero attached hydrogens (tertiary/aromatic N) is 3.